The highest BCUT2D eigenvalue weighted by Crippen LogP contribution is 2.08. The zero-order chi connectivity index (χ0) is 15.2. The maximum absolute atomic E-state index is 13.1. The molecule has 1 aliphatic rings. The average molecular weight is 290 g/mol. The summed E-state index contributed by atoms with van der Waals surface area (Å²) in [6, 6.07) is 6.25. The van der Waals surface area contributed by atoms with Crippen LogP contribution in [0.5, 0.6) is 0 Å². The van der Waals surface area contributed by atoms with Crippen molar-refractivity contribution in [2.75, 3.05) is 32.7 Å². The quantitative estimate of drug-likeness (QED) is 0.796. The maximum Gasteiger partial charge on any atom is 0.246 e. The third-order valence-electron chi connectivity index (χ3n) is 3.57. The molecule has 0 spiro atoms. The zero-order valence-electron chi connectivity index (χ0n) is 12.8. The van der Waals surface area contributed by atoms with Gasteiger partial charge in [-0.05, 0) is 29.7 Å². The van der Waals surface area contributed by atoms with Crippen molar-refractivity contribution >= 4 is 12.0 Å². The van der Waals surface area contributed by atoms with Crippen LogP contribution in [-0.2, 0) is 4.79 Å². The minimum Gasteiger partial charge on any atom is -0.337 e. The van der Waals surface area contributed by atoms with E-state index in [0.29, 0.717) is 11.5 Å². The van der Waals surface area contributed by atoms with Crippen LogP contribution in [-0.4, -0.2) is 48.4 Å². The van der Waals surface area contributed by atoms with Gasteiger partial charge in [0.15, 0.2) is 0 Å². The van der Waals surface area contributed by atoms with Gasteiger partial charge in [-0.1, -0.05) is 26.0 Å². The smallest absolute Gasteiger partial charge is 0.246 e. The lowest BCUT2D eigenvalue weighted by Crippen LogP contribution is -2.49. The van der Waals surface area contributed by atoms with E-state index in [0.717, 1.165) is 32.7 Å². The molecule has 1 fully saturated rings. The van der Waals surface area contributed by atoms with Gasteiger partial charge in [0.25, 0.3) is 0 Å². The standard InChI is InChI=1S/C17H23FN2O/c1-14(2)13-19-8-10-20(11-9-19)17(21)7-6-15-4-3-5-16(18)12-15/h3-7,12,14H,8-11,13H2,1-2H3/b7-6+. The second kappa shape index (κ2) is 7.36. The van der Waals surface area contributed by atoms with Crippen LogP contribution in [0.15, 0.2) is 30.3 Å². The summed E-state index contributed by atoms with van der Waals surface area (Å²) < 4.78 is 13.1. The van der Waals surface area contributed by atoms with E-state index in [9.17, 15) is 9.18 Å². The second-order valence-corrected chi connectivity index (χ2v) is 5.91. The molecule has 1 aromatic rings. The summed E-state index contributed by atoms with van der Waals surface area (Å²) in [5, 5.41) is 0. The van der Waals surface area contributed by atoms with Crippen LogP contribution in [0.4, 0.5) is 4.39 Å². The molecule has 1 saturated heterocycles. The molecule has 0 radical (unpaired) electrons. The lowest BCUT2D eigenvalue weighted by molar-refractivity contribution is -0.127. The highest BCUT2D eigenvalue weighted by molar-refractivity contribution is 5.91. The van der Waals surface area contributed by atoms with Crippen LogP contribution in [0.3, 0.4) is 0 Å². The summed E-state index contributed by atoms with van der Waals surface area (Å²) in [5.74, 6) is 0.371. The van der Waals surface area contributed by atoms with Crippen molar-refractivity contribution in [3.05, 3.63) is 41.7 Å². The van der Waals surface area contributed by atoms with Crippen LogP contribution in [0, 0.1) is 11.7 Å². The number of carbonyl (C=O) groups excluding carboxylic acids is 1. The first-order valence-corrected chi connectivity index (χ1v) is 7.49. The van der Waals surface area contributed by atoms with E-state index in [2.05, 4.69) is 18.7 Å². The van der Waals surface area contributed by atoms with Crippen molar-refractivity contribution in [3.8, 4) is 0 Å². The number of nitrogens with zero attached hydrogens (tertiary/aromatic N) is 2. The molecule has 1 heterocycles. The molecule has 21 heavy (non-hydrogen) atoms. The molecule has 0 unspecified atom stereocenters. The average Bonchev–Trinajstić information content (AvgIpc) is 2.45. The number of rotatable bonds is 4. The Bertz CT molecular complexity index is 505. The predicted molar refractivity (Wildman–Crippen MR) is 83.3 cm³/mol. The van der Waals surface area contributed by atoms with E-state index in [1.54, 1.807) is 18.2 Å². The number of carbonyl (C=O) groups is 1. The minimum atomic E-state index is -0.285. The fraction of sp³-hybridized carbons (Fsp3) is 0.471. The topological polar surface area (TPSA) is 23.6 Å². The fourth-order valence-electron chi connectivity index (χ4n) is 2.55. The molecule has 0 atom stereocenters. The maximum atomic E-state index is 13.1. The zero-order valence-corrected chi connectivity index (χ0v) is 12.8. The normalized spacial score (nSPS) is 16.9. The van der Waals surface area contributed by atoms with E-state index in [4.69, 9.17) is 0 Å². The van der Waals surface area contributed by atoms with E-state index in [-0.39, 0.29) is 11.7 Å². The van der Waals surface area contributed by atoms with E-state index in [1.165, 1.54) is 18.2 Å². The van der Waals surface area contributed by atoms with Gasteiger partial charge in [-0.2, -0.15) is 0 Å². The molecular weight excluding hydrogens is 267 g/mol. The molecule has 1 aliphatic heterocycles. The molecular formula is C17H23FN2O. The molecule has 3 nitrogen and oxygen atoms in total. The van der Waals surface area contributed by atoms with Crippen LogP contribution in [0.1, 0.15) is 19.4 Å². The van der Waals surface area contributed by atoms with Gasteiger partial charge in [0.2, 0.25) is 5.91 Å². The number of hydrogen-bond acceptors (Lipinski definition) is 2. The van der Waals surface area contributed by atoms with Crippen LogP contribution in [0.25, 0.3) is 6.08 Å². The molecule has 1 aromatic carbocycles. The number of halogens is 1. The first kappa shape index (κ1) is 15.7. The highest BCUT2D eigenvalue weighted by Gasteiger charge is 2.19. The molecule has 2 rings (SSSR count). The van der Waals surface area contributed by atoms with Gasteiger partial charge in [0.05, 0.1) is 0 Å². The van der Waals surface area contributed by atoms with Crippen molar-refractivity contribution in [1.29, 1.82) is 0 Å². The molecule has 4 heteroatoms. The Kier molecular flexibility index (Phi) is 5.51. The van der Waals surface area contributed by atoms with Gasteiger partial charge in [-0.15, -0.1) is 0 Å². The summed E-state index contributed by atoms with van der Waals surface area (Å²) >= 11 is 0. The van der Waals surface area contributed by atoms with Crippen LogP contribution < -0.4 is 0 Å². The number of amides is 1. The second-order valence-electron chi connectivity index (χ2n) is 5.91. The Hall–Kier alpha value is -1.68. The third-order valence-corrected chi connectivity index (χ3v) is 3.57. The summed E-state index contributed by atoms with van der Waals surface area (Å²) in [6.07, 6.45) is 3.21. The summed E-state index contributed by atoms with van der Waals surface area (Å²) in [6.45, 7) is 8.88. The van der Waals surface area contributed by atoms with Crippen molar-refractivity contribution < 1.29 is 9.18 Å². The van der Waals surface area contributed by atoms with Gasteiger partial charge >= 0.3 is 0 Å². The predicted octanol–water partition coefficient (Wildman–Crippen LogP) is 2.64. The third kappa shape index (κ3) is 4.97. The minimum absolute atomic E-state index is 0.00320. The van der Waals surface area contributed by atoms with Gasteiger partial charge in [0.1, 0.15) is 5.82 Å². The largest absolute Gasteiger partial charge is 0.337 e. The monoisotopic (exact) mass is 290 g/mol. The van der Waals surface area contributed by atoms with Gasteiger partial charge in [-0.25, -0.2) is 4.39 Å². The highest BCUT2D eigenvalue weighted by atomic mass is 19.1. The molecule has 114 valence electrons. The molecule has 0 aromatic heterocycles. The molecule has 0 aliphatic carbocycles. The van der Waals surface area contributed by atoms with E-state index < -0.39 is 0 Å². The number of hydrogen-bond donors (Lipinski definition) is 0. The van der Waals surface area contributed by atoms with Gasteiger partial charge < -0.3 is 4.90 Å². The van der Waals surface area contributed by atoms with E-state index in [1.807, 2.05) is 4.90 Å². The van der Waals surface area contributed by atoms with Crippen molar-refractivity contribution in [1.82, 2.24) is 9.80 Å². The summed E-state index contributed by atoms with van der Waals surface area (Å²) in [7, 11) is 0. The SMILES string of the molecule is CC(C)CN1CCN(C(=O)/C=C/c2cccc(F)c2)CC1. The number of piperazine rings is 1. The fourth-order valence-corrected chi connectivity index (χ4v) is 2.55. The Morgan fingerprint density at radius 2 is 2.00 bits per heavy atom. The van der Waals surface area contributed by atoms with Crippen molar-refractivity contribution in [2.24, 2.45) is 5.92 Å². The molecule has 0 N–H and O–H groups in total. The molecule has 1 amide bonds. The Labute approximate surface area is 126 Å². The Balaban J connectivity index is 1.85. The lowest BCUT2D eigenvalue weighted by atomic mass is 10.2. The Morgan fingerprint density at radius 3 is 2.62 bits per heavy atom. The summed E-state index contributed by atoms with van der Waals surface area (Å²) in [4.78, 5) is 16.4. The van der Waals surface area contributed by atoms with Gasteiger partial charge in [0, 0.05) is 38.8 Å². The van der Waals surface area contributed by atoms with Crippen LogP contribution >= 0.6 is 0 Å². The lowest BCUT2D eigenvalue weighted by Gasteiger charge is -2.35. The van der Waals surface area contributed by atoms with Gasteiger partial charge in [-0.3, -0.25) is 9.69 Å². The Morgan fingerprint density at radius 1 is 1.29 bits per heavy atom. The van der Waals surface area contributed by atoms with Crippen molar-refractivity contribution in [3.63, 3.8) is 0 Å². The van der Waals surface area contributed by atoms with Crippen LogP contribution in [0.2, 0.25) is 0 Å². The first-order valence-electron chi connectivity index (χ1n) is 7.49. The number of benzene rings is 1. The first-order chi connectivity index (χ1) is 10.0. The molecule has 0 bridgehead atoms. The van der Waals surface area contributed by atoms with Crippen molar-refractivity contribution in [2.45, 2.75) is 13.8 Å². The molecule has 0 saturated carbocycles. The van der Waals surface area contributed by atoms with E-state index >= 15 is 0 Å². The summed E-state index contributed by atoms with van der Waals surface area (Å²) in [5.41, 5.74) is 0.710.